The minimum Gasteiger partial charge on any atom is -0.454 e. The van der Waals surface area contributed by atoms with Crippen molar-refractivity contribution in [2.45, 2.75) is 33.6 Å². The van der Waals surface area contributed by atoms with E-state index in [0.717, 1.165) is 16.7 Å². The van der Waals surface area contributed by atoms with Gasteiger partial charge in [-0.05, 0) is 37.5 Å². The van der Waals surface area contributed by atoms with Gasteiger partial charge in [-0.3, -0.25) is 0 Å². The number of aryl methyl sites for hydroxylation is 3. The van der Waals surface area contributed by atoms with Crippen molar-refractivity contribution in [3.8, 4) is 0 Å². The number of alkyl halides is 3. The van der Waals surface area contributed by atoms with Crippen LogP contribution < -0.4 is 0 Å². The Labute approximate surface area is 97.4 Å². The summed E-state index contributed by atoms with van der Waals surface area (Å²) in [6.07, 6.45) is -4.94. The summed E-state index contributed by atoms with van der Waals surface area (Å²) in [5.74, 6) is -2.16. The molecule has 0 unspecified atom stereocenters. The maximum atomic E-state index is 11.9. The molecule has 0 aliphatic carbocycles. The summed E-state index contributed by atoms with van der Waals surface area (Å²) in [6.45, 7) is 5.09. The zero-order chi connectivity index (χ0) is 13.2. The molecular weight excluding hydrogens is 233 g/mol. The lowest BCUT2D eigenvalue weighted by Gasteiger charge is -2.12. The molecule has 0 fully saturated rings. The molecule has 0 aliphatic heterocycles. The lowest BCUT2D eigenvalue weighted by atomic mass is 10.0. The van der Waals surface area contributed by atoms with Crippen LogP contribution in [-0.2, 0) is 16.1 Å². The Balaban J connectivity index is 2.80. The first-order chi connectivity index (χ1) is 7.71. The van der Waals surface area contributed by atoms with E-state index in [4.69, 9.17) is 0 Å². The summed E-state index contributed by atoms with van der Waals surface area (Å²) in [5, 5.41) is 0. The Morgan fingerprint density at radius 3 is 2.06 bits per heavy atom. The Bertz CT molecular complexity index is 413. The Morgan fingerprint density at radius 2 is 1.65 bits per heavy atom. The fourth-order valence-electron chi connectivity index (χ4n) is 1.66. The maximum Gasteiger partial charge on any atom is 0.490 e. The topological polar surface area (TPSA) is 26.3 Å². The van der Waals surface area contributed by atoms with Gasteiger partial charge in [0.25, 0.3) is 0 Å². The van der Waals surface area contributed by atoms with Crippen LogP contribution in [-0.4, -0.2) is 12.1 Å². The highest BCUT2D eigenvalue weighted by Crippen LogP contribution is 2.21. The first-order valence-corrected chi connectivity index (χ1v) is 5.02. The second-order valence-electron chi connectivity index (χ2n) is 3.95. The van der Waals surface area contributed by atoms with Crippen LogP contribution in [0, 0.1) is 20.8 Å². The van der Waals surface area contributed by atoms with E-state index in [0.29, 0.717) is 5.56 Å². The number of rotatable bonds is 2. The third-order valence-electron chi connectivity index (χ3n) is 2.42. The number of carbonyl (C=O) groups excluding carboxylic acids is 1. The van der Waals surface area contributed by atoms with Gasteiger partial charge in [0.2, 0.25) is 0 Å². The van der Waals surface area contributed by atoms with Crippen molar-refractivity contribution >= 4 is 5.97 Å². The van der Waals surface area contributed by atoms with E-state index in [9.17, 15) is 18.0 Å². The van der Waals surface area contributed by atoms with Crippen molar-refractivity contribution in [3.05, 3.63) is 34.4 Å². The van der Waals surface area contributed by atoms with Crippen LogP contribution >= 0.6 is 0 Å². The Hall–Kier alpha value is -1.52. The summed E-state index contributed by atoms with van der Waals surface area (Å²) in [5.41, 5.74) is 3.27. The first-order valence-electron chi connectivity index (χ1n) is 5.02. The molecule has 0 bridgehead atoms. The van der Waals surface area contributed by atoms with Crippen molar-refractivity contribution < 1.29 is 22.7 Å². The molecule has 0 heterocycles. The average Bonchev–Trinajstić information content (AvgIpc) is 2.13. The molecule has 0 amide bonds. The van der Waals surface area contributed by atoms with E-state index in [1.165, 1.54) is 0 Å². The molecule has 0 radical (unpaired) electrons. The largest absolute Gasteiger partial charge is 0.490 e. The second-order valence-corrected chi connectivity index (χ2v) is 3.95. The molecule has 0 atom stereocenters. The molecule has 0 spiro atoms. The quantitative estimate of drug-likeness (QED) is 0.749. The van der Waals surface area contributed by atoms with Gasteiger partial charge in [0.15, 0.2) is 0 Å². The van der Waals surface area contributed by atoms with Gasteiger partial charge in [0.1, 0.15) is 6.61 Å². The Kier molecular flexibility index (Phi) is 3.80. The minimum absolute atomic E-state index is 0.351. The third kappa shape index (κ3) is 3.47. The molecule has 5 heteroatoms. The predicted molar refractivity (Wildman–Crippen MR) is 56.5 cm³/mol. The molecule has 94 valence electrons. The number of halogens is 3. The van der Waals surface area contributed by atoms with Crippen LogP contribution in [0.25, 0.3) is 0 Å². The number of esters is 1. The van der Waals surface area contributed by atoms with Gasteiger partial charge in [0.05, 0.1) is 0 Å². The van der Waals surface area contributed by atoms with Crippen LogP contribution in [0.15, 0.2) is 12.1 Å². The van der Waals surface area contributed by atoms with E-state index >= 15 is 0 Å². The van der Waals surface area contributed by atoms with Crippen molar-refractivity contribution in [1.29, 1.82) is 0 Å². The van der Waals surface area contributed by atoms with Gasteiger partial charge in [-0.25, -0.2) is 4.79 Å². The number of benzene rings is 1. The summed E-state index contributed by atoms with van der Waals surface area (Å²) in [6, 6.07) is 3.67. The maximum absolute atomic E-state index is 11.9. The van der Waals surface area contributed by atoms with Crippen LogP contribution in [0.2, 0.25) is 0 Å². The first kappa shape index (κ1) is 13.5. The highest BCUT2D eigenvalue weighted by Gasteiger charge is 2.40. The standard InChI is InChI=1S/C12H13F3O2/c1-7-4-8(2)10(9(3)5-7)6-17-11(16)12(13,14)15/h4-5H,6H2,1-3H3. The Morgan fingerprint density at radius 1 is 1.18 bits per heavy atom. The fraction of sp³-hybridized carbons (Fsp3) is 0.417. The van der Waals surface area contributed by atoms with Gasteiger partial charge in [-0.2, -0.15) is 13.2 Å². The molecule has 17 heavy (non-hydrogen) atoms. The molecule has 0 aliphatic rings. The highest BCUT2D eigenvalue weighted by atomic mass is 19.4. The summed E-state index contributed by atoms with van der Waals surface area (Å²) in [4.78, 5) is 10.6. The minimum atomic E-state index is -4.94. The summed E-state index contributed by atoms with van der Waals surface area (Å²) >= 11 is 0. The van der Waals surface area contributed by atoms with Crippen molar-refractivity contribution in [2.24, 2.45) is 0 Å². The normalized spacial score (nSPS) is 11.4. The number of carbonyl (C=O) groups is 1. The van der Waals surface area contributed by atoms with Gasteiger partial charge in [-0.1, -0.05) is 17.7 Å². The van der Waals surface area contributed by atoms with Gasteiger partial charge >= 0.3 is 12.1 Å². The average molecular weight is 246 g/mol. The molecule has 0 N–H and O–H groups in total. The zero-order valence-electron chi connectivity index (χ0n) is 9.81. The van der Waals surface area contributed by atoms with Crippen LogP contribution in [0.5, 0.6) is 0 Å². The van der Waals surface area contributed by atoms with Crippen molar-refractivity contribution in [3.63, 3.8) is 0 Å². The number of hydrogen-bond donors (Lipinski definition) is 0. The zero-order valence-corrected chi connectivity index (χ0v) is 9.81. The molecular formula is C12H13F3O2. The molecule has 1 rings (SSSR count). The molecule has 0 aromatic heterocycles. The van der Waals surface area contributed by atoms with Crippen LogP contribution in [0.3, 0.4) is 0 Å². The van der Waals surface area contributed by atoms with Crippen LogP contribution in [0.4, 0.5) is 13.2 Å². The monoisotopic (exact) mass is 246 g/mol. The number of hydrogen-bond acceptors (Lipinski definition) is 2. The number of ether oxygens (including phenoxy) is 1. The van der Waals surface area contributed by atoms with Crippen molar-refractivity contribution in [1.82, 2.24) is 0 Å². The third-order valence-corrected chi connectivity index (χ3v) is 2.42. The van der Waals surface area contributed by atoms with E-state index in [-0.39, 0.29) is 6.61 Å². The van der Waals surface area contributed by atoms with Crippen LogP contribution in [0.1, 0.15) is 22.3 Å². The molecule has 0 saturated heterocycles. The van der Waals surface area contributed by atoms with Gasteiger partial charge in [-0.15, -0.1) is 0 Å². The summed E-state index contributed by atoms with van der Waals surface area (Å²) in [7, 11) is 0. The lowest BCUT2D eigenvalue weighted by Crippen LogP contribution is -2.25. The molecule has 2 nitrogen and oxygen atoms in total. The molecule has 1 aromatic carbocycles. The second kappa shape index (κ2) is 4.77. The lowest BCUT2D eigenvalue weighted by molar-refractivity contribution is -0.201. The fourth-order valence-corrected chi connectivity index (χ4v) is 1.66. The molecule has 0 saturated carbocycles. The van der Waals surface area contributed by atoms with E-state index < -0.39 is 12.1 Å². The molecule has 1 aromatic rings. The summed E-state index contributed by atoms with van der Waals surface area (Å²) < 4.78 is 40.1. The van der Waals surface area contributed by atoms with Gasteiger partial charge in [0, 0.05) is 0 Å². The SMILES string of the molecule is Cc1cc(C)c(COC(=O)C(F)(F)F)c(C)c1. The smallest absolute Gasteiger partial charge is 0.454 e. The van der Waals surface area contributed by atoms with E-state index in [2.05, 4.69) is 4.74 Å². The highest BCUT2D eigenvalue weighted by molar-refractivity contribution is 5.75. The van der Waals surface area contributed by atoms with E-state index in [1.807, 2.05) is 19.1 Å². The van der Waals surface area contributed by atoms with Crippen molar-refractivity contribution in [2.75, 3.05) is 0 Å². The van der Waals surface area contributed by atoms with E-state index in [1.54, 1.807) is 13.8 Å². The predicted octanol–water partition coefficient (Wildman–Crippen LogP) is 3.22. The van der Waals surface area contributed by atoms with Gasteiger partial charge < -0.3 is 4.74 Å².